The van der Waals surface area contributed by atoms with Crippen molar-refractivity contribution in [2.45, 2.75) is 27.2 Å². The predicted molar refractivity (Wildman–Crippen MR) is 74.2 cm³/mol. The van der Waals surface area contributed by atoms with E-state index in [1.54, 1.807) is 11.7 Å². The fourth-order valence-electron chi connectivity index (χ4n) is 2.50. The maximum Gasteiger partial charge on any atom is 0.309 e. The number of rotatable bonds is 3. The summed E-state index contributed by atoms with van der Waals surface area (Å²) in [6, 6.07) is 6.19. The molecule has 2 aromatic rings. The lowest BCUT2D eigenvalue weighted by Crippen LogP contribution is -2.07. The molecule has 4 heteroatoms. The van der Waals surface area contributed by atoms with Crippen LogP contribution in [0.2, 0.25) is 0 Å². The molecule has 4 nitrogen and oxygen atoms in total. The van der Waals surface area contributed by atoms with Crippen LogP contribution in [-0.4, -0.2) is 20.9 Å². The number of carboxylic acid groups (broad SMARTS) is 1. The fourth-order valence-corrected chi connectivity index (χ4v) is 2.50. The van der Waals surface area contributed by atoms with Crippen LogP contribution in [0.15, 0.2) is 18.2 Å². The van der Waals surface area contributed by atoms with Crippen LogP contribution in [0.1, 0.15) is 22.5 Å². The highest BCUT2D eigenvalue weighted by Crippen LogP contribution is 2.30. The summed E-state index contributed by atoms with van der Waals surface area (Å²) in [5.74, 6) is -0.839. The zero-order valence-corrected chi connectivity index (χ0v) is 11.7. The number of aryl methyl sites for hydroxylation is 4. The van der Waals surface area contributed by atoms with Crippen molar-refractivity contribution in [1.29, 1.82) is 0 Å². The molecule has 1 N–H and O–H groups in total. The topological polar surface area (TPSA) is 55.1 Å². The molecule has 0 saturated heterocycles. The number of carboxylic acids is 1. The van der Waals surface area contributed by atoms with E-state index >= 15 is 0 Å². The number of hydrogen-bond donors (Lipinski definition) is 1. The van der Waals surface area contributed by atoms with Gasteiger partial charge in [-0.3, -0.25) is 9.48 Å². The van der Waals surface area contributed by atoms with Crippen LogP contribution in [0.4, 0.5) is 0 Å². The van der Waals surface area contributed by atoms with E-state index in [9.17, 15) is 4.79 Å². The Morgan fingerprint density at radius 1 is 1.32 bits per heavy atom. The van der Waals surface area contributed by atoms with E-state index in [0.717, 1.165) is 28.1 Å². The van der Waals surface area contributed by atoms with Gasteiger partial charge < -0.3 is 5.11 Å². The van der Waals surface area contributed by atoms with E-state index in [4.69, 9.17) is 5.11 Å². The Bertz CT molecular complexity index is 642. The van der Waals surface area contributed by atoms with E-state index in [2.05, 4.69) is 11.2 Å². The van der Waals surface area contributed by atoms with Gasteiger partial charge in [0.2, 0.25) is 0 Å². The Kier molecular flexibility index (Phi) is 3.42. The molecule has 1 aromatic carbocycles. The average molecular weight is 258 g/mol. The van der Waals surface area contributed by atoms with Crippen LogP contribution in [0, 0.1) is 20.8 Å². The molecule has 1 aromatic heterocycles. The number of benzene rings is 1. The molecule has 0 amide bonds. The number of carbonyl (C=O) groups is 1. The lowest BCUT2D eigenvalue weighted by molar-refractivity contribution is -0.136. The van der Waals surface area contributed by atoms with Crippen molar-refractivity contribution >= 4 is 5.97 Å². The SMILES string of the molecule is Cc1ccc(-c2c(C)nn(C)c2CC(=O)O)c(C)c1. The van der Waals surface area contributed by atoms with Crippen molar-refractivity contribution in [3.63, 3.8) is 0 Å². The Morgan fingerprint density at radius 2 is 2.00 bits per heavy atom. The monoisotopic (exact) mass is 258 g/mol. The van der Waals surface area contributed by atoms with Crippen LogP contribution in [0.25, 0.3) is 11.1 Å². The molecular weight excluding hydrogens is 240 g/mol. The van der Waals surface area contributed by atoms with Crippen LogP contribution < -0.4 is 0 Å². The second kappa shape index (κ2) is 4.88. The summed E-state index contributed by atoms with van der Waals surface area (Å²) < 4.78 is 1.66. The molecule has 0 aliphatic rings. The van der Waals surface area contributed by atoms with Gasteiger partial charge in [-0.1, -0.05) is 23.8 Å². The molecular formula is C15H18N2O2. The quantitative estimate of drug-likeness (QED) is 0.920. The lowest BCUT2D eigenvalue weighted by Gasteiger charge is -2.09. The number of hydrogen-bond acceptors (Lipinski definition) is 2. The van der Waals surface area contributed by atoms with Crippen molar-refractivity contribution < 1.29 is 9.90 Å². The molecule has 19 heavy (non-hydrogen) atoms. The second-order valence-corrected chi connectivity index (χ2v) is 4.92. The smallest absolute Gasteiger partial charge is 0.309 e. The Labute approximate surface area is 112 Å². The molecule has 0 atom stereocenters. The lowest BCUT2D eigenvalue weighted by atomic mass is 9.96. The normalized spacial score (nSPS) is 10.7. The zero-order valence-electron chi connectivity index (χ0n) is 11.7. The van der Waals surface area contributed by atoms with Gasteiger partial charge in [0.05, 0.1) is 17.8 Å². The summed E-state index contributed by atoms with van der Waals surface area (Å²) in [5, 5.41) is 13.4. The van der Waals surface area contributed by atoms with Crippen molar-refractivity contribution in [1.82, 2.24) is 9.78 Å². The van der Waals surface area contributed by atoms with Gasteiger partial charge in [-0.25, -0.2) is 0 Å². The van der Waals surface area contributed by atoms with E-state index in [1.165, 1.54) is 5.56 Å². The molecule has 0 radical (unpaired) electrons. The summed E-state index contributed by atoms with van der Waals surface area (Å²) in [7, 11) is 1.79. The minimum Gasteiger partial charge on any atom is -0.481 e. The van der Waals surface area contributed by atoms with Crippen molar-refractivity contribution in [2.24, 2.45) is 7.05 Å². The highest BCUT2D eigenvalue weighted by Gasteiger charge is 2.18. The minimum atomic E-state index is -0.839. The molecule has 0 saturated carbocycles. The predicted octanol–water partition coefficient (Wildman–Crippen LogP) is 2.64. The molecule has 0 unspecified atom stereocenters. The molecule has 0 aliphatic heterocycles. The Balaban J connectivity index is 2.64. The highest BCUT2D eigenvalue weighted by atomic mass is 16.4. The van der Waals surface area contributed by atoms with E-state index in [-0.39, 0.29) is 6.42 Å². The molecule has 100 valence electrons. The zero-order chi connectivity index (χ0) is 14.2. The summed E-state index contributed by atoms with van der Waals surface area (Å²) in [5.41, 5.74) is 5.96. The maximum absolute atomic E-state index is 11.0. The standard InChI is InChI=1S/C15H18N2O2/c1-9-5-6-12(10(2)7-9)15-11(3)16-17(4)13(15)8-14(18)19/h5-7H,8H2,1-4H3,(H,18,19). The second-order valence-electron chi connectivity index (χ2n) is 4.92. The molecule has 0 fully saturated rings. The first kappa shape index (κ1) is 13.3. The Hall–Kier alpha value is -2.10. The van der Waals surface area contributed by atoms with Crippen molar-refractivity contribution in [3.8, 4) is 11.1 Å². The highest BCUT2D eigenvalue weighted by molar-refractivity contribution is 5.78. The summed E-state index contributed by atoms with van der Waals surface area (Å²) in [6.07, 6.45) is -0.0139. The molecule has 1 heterocycles. The fraction of sp³-hybridized carbons (Fsp3) is 0.333. The third-order valence-corrected chi connectivity index (χ3v) is 3.31. The van der Waals surface area contributed by atoms with Gasteiger partial charge in [-0.2, -0.15) is 5.10 Å². The Morgan fingerprint density at radius 3 is 2.58 bits per heavy atom. The van der Waals surface area contributed by atoms with Crippen LogP contribution in [-0.2, 0) is 18.3 Å². The molecule has 0 spiro atoms. The summed E-state index contributed by atoms with van der Waals surface area (Å²) >= 11 is 0. The minimum absolute atomic E-state index is 0.0139. The van der Waals surface area contributed by atoms with Crippen LogP contribution in [0.5, 0.6) is 0 Å². The van der Waals surface area contributed by atoms with Gasteiger partial charge in [-0.15, -0.1) is 0 Å². The van der Waals surface area contributed by atoms with Gasteiger partial charge in [0.1, 0.15) is 0 Å². The number of nitrogens with zero attached hydrogens (tertiary/aromatic N) is 2. The van der Waals surface area contributed by atoms with Crippen molar-refractivity contribution in [2.75, 3.05) is 0 Å². The molecule has 0 bridgehead atoms. The first-order chi connectivity index (χ1) is 8.90. The van der Waals surface area contributed by atoms with E-state index in [1.807, 2.05) is 32.9 Å². The molecule has 2 rings (SSSR count). The van der Waals surface area contributed by atoms with Gasteiger partial charge in [0.15, 0.2) is 0 Å². The third kappa shape index (κ3) is 2.52. The number of aromatic nitrogens is 2. The van der Waals surface area contributed by atoms with E-state index < -0.39 is 5.97 Å². The first-order valence-electron chi connectivity index (χ1n) is 6.22. The van der Waals surface area contributed by atoms with Gasteiger partial charge in [0.25, 0.3) is 0 Å². The van der Waals surface area contributed by atoms with Crippen LogP contribution >= 0.6 is 0 Å². The van der Waals surface area contributed by atoms with Gasteiger partial charge in [-0.05, 0) is 31.9 Å². The third-order valence-electron chi connectivity index (χ3n) is 3.31. The molecule has 0 aliphatic carbocycles. The van der Waals surface area contributed by atoms with Gasteiger partial charge >= 0.3 is 5.97 Å². The largest absolute Gasteiger partial charge is 0.481 e. The van der Waals surface area contributed by atoms with E-state index in [0.29, 0.717) is 0 Å². The van der Waals surface area contributed by atoms with Crippen molar-refractivity contribution in [3.05, 3.63) is 40.7 Å². The first-order valence-corrected chi connectivity index (χ1v) is 6.22. The van der Waals surface area contributed by atoms with Crippen LogP contribution in [0.3, 0.4) is 0 Å². The number of aliphatic carboxylic acids is 1. The average Bonchev–Trinajstić information content (AvgIpc) is 2.54. The van der Waals surface area contributed by atoms with Gasteiger partial charge in [0, 0.05) is 12.6 Å². The summed E-state index contributed by atoms with van der Waals surface area (Å²) in [4.78, 5) is 11.0. The maximum atomic E-state index is 11.0. The summed E-state index contributed by atoms with van der Waals surface area (Å²) in [6.45, 7) is 6.00.